The summed E-state index contributed by atoms with van der Waals surface area (Å²) in [6.45, 7) is 2.75. The molecule has 2 aromatic carbocycles. The normalized spacial score (nSPS) is 16.7. The topological polar surface area (TPSA) is 87.3 Å². The summed E-state index contributed by atoms with van der Waals surface area (Å²) in [5.74, 6) is 0.00206. The molecule has 7 nitrogen and oxygen atoms in total. The van der Waals surface area contributed by atoms with E-state index in [1.54, 1.807) is 11.1 Å². The highest BCUT2D eigenvalue weighted by molar-refractivity contribution is 6.04. The minimum absolute atomic E-state index is 0.0763. The molecule has 1 aliphatic heterocycles. The van der Waals surface area contributed by atoms with Gasteiger partial charge in [0, 0.05) is 24.0 Å². The lowest BCUT2D eigenvalue weighted by molar-refractivity contribution is -0.122. The summed E-state index contributed by atoms with van der Waals surface area (Å²) in [5, 5.41) is 10.7. The SMILES string of the molecule is CCOc1ccccc1N1CC(C(=O)Nc2ccc3[nH]ncc3c2)CC1=O. The molecule has 1 saturated heterocycles. The maximum atomic E-state index is 12.7. The van der Waals surface area contributed by atoms with Crippen LogP contribution in [0.25, 0.3) is 10.9 Å². The van der Waals surface area contributed by atoms with Gasteiger partial charge in [-0.15, -0.1) is 0 Å². The fourth-order valence-electron chi connectivity index (χ4n) is 3.34. The molecule has 3 aromatic rings. The Labute approximate surface area is 156 Å². The van der Waals surface area contributed by atoms with Gasteiger partial charge in [-0.1, -0.05) is 12.1 Å². The Morgan fingerprint density at radius 1 is 1.33 bits per heavy atom. The second kappa shape index (κ2) is 7.11. The van der Waals surface area contributed by atoms with E-state index in [0.29, 0.717) is 30.3 Å². The van der Waals surface area contributed by atoms with Gasteiger partial charge in [0.25, 0.3) is 0 Å². The zero-order valence-corrected chi connectivity index (χ0v) is 14.9. The molecule has 4 rings (SSSR count). The van der Waals surface area contributed by atoms with Crippen molar-refractivity contribution in [3.05, 3.63) is 48.7 Å². The monoisotopic (exact) mass is 364 g/mol. The van der Waals surface area contributed by atoms with Crippen LogP contribution in [0.4, 0.5) is 11.4 Å². The Bertz CT molecular complexity index is 998. The maximum absolute atomic E-state index is 12.7. The summed E-state index contributed by atoms with van der Waals surface area (Å²) < 4.78 is 5.62. The molecular formula is C20H20N4O3. The molecule has 27 heavy (non-hydrogen) atoms. The van der Waals surface area contributed by atoms with E-state index in [9.17, 15) is 9.59 Å². The quantitative estimate of drug-likeness (QED) is 0.729. The molecule has 2 heterocycles. The first-order valence-corrected chi connectivity index (χ1v) is 8.92. The zero-order chi connectivity index (χ0) is 18.8. The molecule has 1 unspecified atom stereocenters. The highest BCUT2D eigenvalue weighted by Gasteiger charge is 2.36. The molecule has 138 valence electrons. The molecule has 1 aromatic heterocycles. The third-order valence-corrected chi connectivity index (χ3v) is 4.66. The fraction of sp³-hybridized carbons (Fsp3) is 0.250. The van der Waals surface area contributed by atoms with Gasteiger partial charge in [-0.2, -0.15) is 5.10 Å². The molecule has 1 atom stereocenters. The van der Waals surface area contributed by atoms with Gasteiger partial charge in [0.15, 0.2) is 0 Å². The first-order chi connectivity index (χ1) is 13.2. The average molecular weight is 364 g/mol. The molecule has 1 fully saturated rings. The van der Waals surface area contributed by atoms with Gasteiger partial charge in [-0.3, -0.25) is 14.7 Å². The summed E-state index contributed by atoms with van der Waals surface area (Å²) in [6.07, 6.45) is 1.89. The van der Waals surface area contributed by atoms with Crippen LogP contribution in [0.15, 0.2) is 48.7 Å². The van der Waals surface area contributed by atoms with Crippen molar-refractivity contribution in [1.82, 2.24) is 10.2 Å². The Hall–Kier alpha value is -3.35. The minimum atomic E-state index is -0.410. The number of hydrogen-bond donors (Lipinski definition) is 2. The average Bonchev–Trinajstić information content (AvgIpc) is 3.28. The van der Waals surface area contributed by atoms with Gasteiger partial charge in [-0.05, 0) is 37.3 Å². The Balaban J connectivity index is 1.49. The molecule has 1 aliphatic rings. The molecule has 2 amide bonds. The van der Waals surface area contributed by atoms with Gasteiger partial charge in [0.05, 0.1) is 29.9 Å². The van der Waals surface area contributed by atoms with Crippen LogP contribution in [0.3, 0.4) is 0 Å². The summed E-state index contributed by atoms with van der Waals surface area (Å²) in [7, 11) is 0. The molecule has 0 bridgehead atoms. The zero-order valence-electron chi connectivity index (χ0n) is 14.9. The van der Waals surface area contributed by atoms with E-state index in [1.807, 2.05) is 49.4 Å². The molecule has 0 saturated carbocycles. The van der Waals surface area contributed by atoms with E-state index in [1.165, 1.54) is 0 Å². The number of fused-ring (bicyclic) bond motifs is 1. The van der Waals surface area contributed by atoms with E-state index >= 15 is 0 Å². The summed E-state index contributed by atoms with van der Waals surface area (Å²) >= 11 is 0. The minimum Gasteiger partial charge on any atom is -0.492 e. The molecule has 0 radical (unpaired) electrons. The number of anilines is 2. The molecule has 7 heteroatoms. The van der Waals surface area contributed by atoms with Gasteiger partial charge in [0.1, 0.15) is 5.75 Å². The Morgan fingerprint density at radius 3 is 3.04 bits per heavy atom. The number of carbonyl (C=O) groups excluding carboxylic acids is 2. The standard InChI is InChI=1S/C20H20N4O3/c1-2-27-18-6-4-3-5-17(18)24-12-14(10-19(24)25)20(26)22-15-7-8-16-13(9-15)11-21-23-16/h3-9,11,14H,2,10,12H2,1H3,(H,21,23)(H,22,26). The number of aromatic amines is 1. The van der Waals surface area contributed by atoms with Crippen LogP contribution >= 0.6 is 0 Å². The molecule has 0 aliphatic carbocycles. The predicted octanol–water partition coefficient (Wildman–Crippen LogP) is 2.95. The third kappa shape index (κ3) is 3.36. The second-order valence-corrected chi connectivity index (χ2v) is 6.47. The van der Waals surface area contributed by atoms with Crippen molar-refractivity contribution in [3.8, 4) is 5.75 Å². The van der Waals surface area contributed by atoms with Crippen molar-refractivity contribution in [2.24, 2.45) is 5.92 Å². The number of benzene rings is 2. The van der Waals surface area contributed by atoms with Crippen LogP contribution in [-0.2, 0) is 9.59 Å². The molecular weight excluding hydrogens is 344 g/mol. The van der Waals surface area contributed by atoms with Crippen LogP contribution in [0.1, 0.15) is 13.3 Å². The highest BCUT2D eigenvalue weighted by atomic mass is 16.5. The number of carbonyl (C=O) groups is 2. The van der Waals surface area contributed by atoms with Gasteiger partial charge in [-0.25, -0.2) is 0 Å². The lowest BCUT2D eigenvalue weighted by atomic mass is 10.1. The van der Waals surface area contributed by atoms with Crippen LogP contribution in [0.5, 0.6) is 5.75 Å². The van der Waals surface area contributed by atoms with E-state index in [0.717, 1.165) is 10.9 Å². The number of amides is 2. The number of para-hydroxylation sites is 2. The van der Waals surface area contributed by atoms with Gasteiger partial charge >= 0.3 is 0 Å². The van der Waals surface area contributed by atoms with Crippen molar-refractivity contribution in [1.29, 1.82) is 0 Å². The third-order valence-electron chi connectivity index (χ3n) is 4.66. The first-order valence-electron chi connectivity index (χ1n) is 8.92. The number of H-pyrrole nitrogens is 1. The van der Waals surface area contributed by atoms with Gasteiger partial charge < -0.3 is 15.0 Å². The van der Waals surface area contributed by atoms with Crippen LogP contribution in [-0.4, -0.2) is 35.2 Å². The Kier molecular flexibility index (Phi) is 4.50. The van der Waals surface area contributed by atoms with E-state index in [2.05, 4.69) is 15.5 Å². The van der Waals surface area contributed by atoms with Crippen LogP contribution in [0, 0.1) is 5.92 Å². The number of ether oxygens (including phenoxy) is 1. The van der Waals surface area contributed by atoms with Crippen LogP contribution < -0.4 is 15.0 Å². The summed E-state index contributed by atoms with van der Waals surface area (Å²) in [4.78, 5) is 26.8. The lowest BCUT2D eigenvalue weighted by Crippen LogP contribution is -2.28. The second-order valence-electron chi connectivity index (χ2n) is 6.47. The van der Waals surface area contributed by atoms with Crippen LogP contribution in [0.2, 0.25) is 0 Å². The summed E-state index contributed by atoms with van der Waals surface area (Å²) in [5.41, 5.74) is 2.30. The number of rotatable bonds is 5. The number of hydrogen-bond acceptors (Lipinski definition) is 4. The number of nitrogens with zero attached hydrogens (tertiary/aromatic N) is 2. The van der Waals surface area contributed by atoms with Crippen molar-refractivity contribution >= 4 is 34.1 Å². The predicted molar refractivity (Wildman–Crippen MR) is 103 cm³/mol. The Morgan fingerprint density at radius 2 is 2.19 bits per heavy atom. The largest absolute Gasteiger partial charge is 0.492 e. The van der Waals surface area contributed by atoms with Crippen molar-refractivity contribution in [2.75, 3.05) is 23.4 Å². The van der Waals surface area contributed by atoms with E-state index in [4.69, 9.17) is 4.74 Å². The highest BCUT2D eigenvalue weighted by Crippen LogP contribution is 2.33. The first kappa shape index (κ1) is 17.1. The lowest BCUT2D eigenvalue weighted by Gasteiger charge is -2.20. The fourth-order valence-corrected chi connectivity index (χ4v) is 3.34. The smallest absolute Gasteiger partial charge is 0.229 e. The van der Waals surface area contributed by atoms with Gasteiger partial charge in [0.2, 0.25) is 11.8 Å². The van der Waals surface area contributed by atoms with E-state index < -0.39 is 5.92 Å². The van der Waals surface area contributed by atoms with Crippen molar-refractivity contribution in [2.45, 2.75) is 13.3 Å². The molecule has 0 spiro atoms. The summed E-state index contributed by atoms with van der Waals surface area (Å²) in [6, 6.07) is 12.9. The molecule has 2 N–H and O–H groups in total. The van der Waals surface area contributed by atoms with E-state index in [-0.39, 0.29) is 18.2 Å². The number of nitrogens with one attached hydrogen (secondary N) is 2. The van der Waals surface area contributed by atoms with Crippen molar-refractivity contribution in [3.63, 3.8) is 0 Å². The number of aromatic nitrogens is 2. The maximum Gasteiger partial charge on any atom is 0.229 e. The van der Waals surface area contributed by atoms with Crippen molar-refractivity contribution < 1.29 is 14.3 Å².